The number of para-hydroxylation sites is 1. The van der Waals surface area contributed by atoms with Crippen LogP contribution in [-0.2, 0) is 0 Å². The number of hydrogen-bond donors (Lipinski definition) is 1. The molecule has 0 radical (unpaired) electrons. The number of hydrogen-bond acceptors (Lipinski definition) is 4. The summed E-state index contributed by atoms with van der Waals surface area (Å²) in [5.41, 5.74) is 1.02. The fourth-order valence-corrected chi connectivity index (χ4v) is 2.23. The maximum absolute atomic E-state index is 11.0. The van der Waals surface area contributed by atoms with Crippen LogP contribution in [0, 0.1) is 0 Å². The predicted octanol–water partition coefficient (Wildman–Crippen LogP) is 2.33. The summed E-state index contributed by atoms with van der Waals surface area (Å²) in [7, 11) is 0. The summed E-state index contributed by atoms with van der Waals surface area (Å²) in [6.45, 7) is 0.908. The molecule has 1 aromatic carbocycles. The van der Waals surface area contributed by atoms with Crippen molar-refractivity contribution >= 4 is 5.97 Å². The van der Waals surface area contributed by atoms with Crippen molar-refractivity contribution in [2.45, 2.75) is 5.92 Å². The monoisotopic (exact) mass is 271 g/mol. The number of carbonyl (C=O) groups is 1. The van der Waals surface area contributed by atoms with Crippen LogP contribution in [-0.4, -0.2) is 29.3 Å². The predicted molar refractivity (Wildman–Crippen MR) is 71.4 cm³/mol. The highest BCUT2D eigenvalue weighted by Crippen LogP contribution is 2.33. The van der Waals surface area contributed by atoms with Gasteiger partial charge in [0, 0.05) is 11.8 Å². The fourth-order valence-electron chi connectivity index (χ4n) is 2.23. The number of aromatic carboxylic acids is 1. The molecule has 2 aromatic rings. The Morgan fingerprint density at radius 3 is 3.05 bits per heavy atom. The zero-order valence-electron chi connectivity index (χ0n) is 10.7. The van der Waals surface area contributed by atoms with Crippen molar-refractivity contribution in [1.29, 1.82) is 0 Å². The summed E-state index contributed by atoms with van der Waals surface area (Å²) in [6.07, 6.45) is 1.43. The van der Waals surface area contributed by atoms with Crippen LogP contribution in [0.1, 0.15) is 22.0 Å². The second kappa shape index (κ2) is 5.21. The smallest absolute Gasteiger partial charge is 0.358 e. The highest BCUT2D eigenvalue weighted by molar-refractivity contribution is 5.88. The molecule has 5 nitrogen and oxygen atoms in total. The van der Waals surface area contributed by atoms with E-state index in [9.17, 15) is 4.79 Å². The number of rotatable bonds is 4. The lowest BCUT2D eigenvalue weighted by atomic mass is 10.0. The lowest BCUT2D eigenvalue weighted by molar-refractivity contribution is 0.0685. The number of pyridine rings is 1. The summed E-state index contributed by atoms with van der Waals surface area (Å²) in [4.78, 5) is 14.9. The second-order valence-electron chi connectivity index (χ2n) is 4.51. The van der Waals surface area contributed by atoms with Gasteiger partial charge in [-0.25, -0.2) is 9.78 Å². The zero-order chi connectivity index (χ0) is 13.9. The van der Waals surface area contributed by atoms with Crippen molar-refractivity contribution in [1.82, 2.24) is 4.98 Å². The van der Waals surface area contributed by atoms with Crippen LogP contribution in [0.4, 0.5) is 0 Å². The van der Waals surface area contributed by atoms with Gasteiger partial charge in [0.15, 0.2) is 11.4 Å². The van der Waals surface area contributed by atoms with Gasteiger partial charge in [-0.05, 0) is 18.2 Å². The normalized spacial score (nSPS) is 16.3. The van der Waals surface area contributed by atoms with E-state index in [1.165, 1.54) is 6.20 Å². The third-order valence-corrected chi connectivity index (χ3v) is 3.21. The summed E-state index contributed by atoms with van der Waals surface area (Å²) in [6, 6.07) is 11.1. The molecule has 1 aromatic heterocycles. The zero-order valence-corrected chi connectivity index (χ0v) is 10.7. The van der Waals surface area contributed by atoms with Crippen LogP contribution in [0.25, 0.3) is 0 Å². The van der Waals surface area contributed by atoms with E-state index in [0.717, 1.165) is 11.3 Å². The molecule has 0 saturated heterocycles. The molecule has 3 rings (SSSR count). The van der Waals surface area contributed by atoms with E-state index in [1.54, 1.807) is 12.1 Å². The molecular formula is C15H13NO4. The van der Waals surface area contributed by atoms with E-state index in [4.69, 9.17) is 14.6 Å². The van der Waals surface area contributed by atoms with E-state index in [0.29, 0.717) is 13.2 Å². The molecule has 102 valence electrons. The Balaban J connectivity index is 1.74. The van der Waals surface area contributed by atoms with Gasteiger partial charge >= 0.3 is 5.97 Å². The highest BCUT2D eigenvalue weighted by atomic mass is 16.5. The molecule has 0 saturated carbocycles. The van der Waals surface area contributed by atoms with Gasteiger partial charge in [0.05, 0.1) is 19.1 Å². The summed E-state index contributed by atoms with van der Waals surface area (Å²) < 4.78 is 11.2. The minimum absolute atomic E-state index is 0.0697. The molecule has 2 heterocycles. The SMILES string of the molecule is O=C(O)c1ncccc1OCC1COc2ccccc21. The third-order valence-electron chi connectivity index (χ3n) is 3.21. The van der Waals surface area contributed by atoms with Gasteiger partial charge in [0.2, 0.25) is 0 Å². The van der Waals surface area contributed by atoms with Crippen LogP contribution < -0.4 is 9.47 Å². The summed E-state index contributed by atoms with van der Waals surface area (Å²) in [5, 5.41) is 9.05. The van der Waals surface area contributed by atoms with Crippen LogP contribution in [0.15, 0.2) is 42.6 Å². The second-order valence-corrected chi connectivity index (χ2v) is 4.51. The fraction of sp³-hybridized carbons (Fsp3) is 0.200. The van der Waals surface area contributed by atoms with Crippen LogP contribution in [0.5, 0.6) is 11.5 Å². The Labute approximate surface area is 115 Å². The molecule has 0 spiro atoms. The van der Waals surface area contributed by atoms with Crippen LogP contribution in [0.2, 0.25) is 0 Å². The number of carboxylic acids is 1. The number of fused-ring (bicyclic) bond motifs is 1. The van der Waals surface area contributed by atoms with Gasteiger partial charge < -0.3 is 14.6 Å². The minimum atomic E-state index is -1.09. The van der Waals surface area contributed by atoms with E-state index < -0.39 is 5.97 Å². The number of nitrogens with zero attached hydrogens (tertiary/aromatic N) is 1. The van der Waals surface area contributed by atoms with Crippen LogP contribution in [0.3, 0.4) is 0 Å². The molecule has 1 atom stereocenters. The molecule has 0 aliphatic carbocycles. The van der Waals surface area contributed by atoms with Gasteiger partial charge in [-0.1, -0.05) is 18.2 Å². The Hall–Kier alpha value is -2.56. The van der Waals surface area contributed by atoms with Crippen LogP contribution >= 0.6 is 0 Å². The van der Waals surface area contributed by atoms with Crippen molar-refractivity contribution in [2.24, 2.45) is 0 Å². The Bertz CT molecular complexity index is 641. The lowest BCUT2D eigenvalue weighted by Crippen LogP contribution is -2.14. The summed E-state index contributed by atoms with van der Waals surface area (Å²) >= 11 is 0. The maximum atomic E-state index is 11.0. The lowest BCUT2D eigenvalue weighted by Gasteiger charge is -2.12. The molecule has 20 heavy (non-hydrogen) atoms. The van der Waals surface area contributed by atoms with E-state index >= 15 is 0 Å². The largest absolute Gasteiger partial charge is 0.493 e. The molecule has 1 aliphatic heterocycles. The first-order valence-corrected chi connectivity index (χ1v) is 6.28. The molecule has 0 fully saturated rings. The van der Waals surface area contributed by atoms with E-state index in [-0.39, 0.29) is 17.4 Å². The quantitative estimate of drug-likeness (QED) is 0.924. The molecule has 0 bridgehead atoms. The topological polar surface area (TPSA) is 68.7 Å². The maximum Gasteiger partial charge on any atom is 0.358 e. The molecule has 0 amide bonds. The van der Waals surface area contributed by atoms with Gasteiger partial charge in [-0.2, -0.15) is 0 Å². The number of aromatic nitrogens is 1. The summed E-state index contributed by atoms with van der Waals surface area (Å²) in [5.74, 6) is 0.159. The van der Waals surface area contributed by atoms with Crippen molar-refractivity contribution in [3.05, 3.63) is 53.9 Å². The van der Waals surface area contributed by atoms with Gasteiger partial charge in [0.25, 0.3) is 0 Å². The van der Waals surface area contributed by atoms with Crippen molar-refractivity contribution in [2.75, 3.05) is 13.2 Å². The van der Waals surface area contributed by atoms with Crippen molar-refractivity contribution < 1.29 is 19.4 Å². The van der Waals surface area contributed by atoms with Gasteiger partial charge in [-0.15, -0.1) is 0 Å². The Kier molecular flexibility index (Phi) is 3.25. The first-order chi connectivity index (χ1) is 9.75. The first-order valence-electron chi connectivity index (χ1n) is 6.28. The van der Waals surface area contributed by atoms with E-state index in [2.05, 4.69) is 4.98 Å². The third kappa shape index (κ3) is 2.30. The minimum Gasteiger partial charge on any atom is -0.493 e. The van der Waals surface area contributed by atoms with Gasteiger partial charge in [-0.3, -0.25) is 0 Å². The van der Waals surface area contributed by atoms with Gasteiger partial charge in [0.1, 0.15) is 5.75 Å². The number of carboxylic acid groups (broad SMARTS) is 1. The molecule has 1 N–H and O–H groups in total. The molecular weight excluding hydrogens is 258 g/mol. The van der Waals surface area contributed by atoms with Crippen molar-refractivity contribution in [3.8, 4) is 11.5 Å². The van der Waals surface area contributed by atoms with Crippen molar-refractivity contribution in [3.63, 3.8) is 0 Å². The molecule has 1 aliphatic rings. The Morgan fingerprint density at radius 1 is 1.35 bits per heavy atom. The number of ether oxygens (including phenoxy) is 2. The van der Waals surface area contributed by atoms with E-state index in [1.807, 2.05) is 24.3 Å². The first kappa shape index (κ1) is 12.5. The highest BCUT2D eigenvalue weighted by Gasteiger charge is 2.25. The average Bonchev–Trinajstić information content (AvgIpc) is 2.88. The average molecular weight is 271 g/mol. The number of benzene rings is 1. The molecule has 1 unspecified atom stereocenters. The molecule has 5 heteroatoms. The standard InChI is InChI=1S/C15H13NO4/c17-15(18)14-13(6-3-7-16-14)20-9-10-8-19-12-5-2-1-4-11(10)12/h1-7,10H,8-9H2,(H,17,18). The Morgan fingerprint density at radius 2 is 2.20 bits per heavy atom.